The molecule has 0 aromatic heterocycles. The molecule has 2 fully saturated rings. The van der Waals surface area contributed by atoms with Gasteiger partial charge in [0.2, 0.25) is 0 Å². The third-order valence-corrected chi connectivity index (χ3v) is 3.40. The second-order valence-corrected chi connectivity index (χ2v) is 4.26. The smallest absolute Gasteiger partial charge is 0.132 e. The number of hydrogen-bond acceptors (Lipinski definition) is 3. The number of hydrogen-bond donors (Lipinski definition) is 1. The van der Waals surface area contributed by atoms with Crippen LogP contribution < -0.4 is 0 Å². The summed E-state index contributed by atoms with van der Waals surface area (Å²) in [5.41, 5.74) is 0. The van der Waals surface area contributed by atoms with Gasteiger partial charge in [0, 0.05) is 12.5 Å². The van der Waals surface area contributed by atoms with Crippen LogP contribution in [-0.4, -0.2) is 30.2 Å². The maximum absolute atomic E-state index is 11.2. The molecule has 0 spiro atoms. The Hall–Kier alpha value is -0.410. The van der Waals surface area contributed by atoms with Crippen LogP contribution in [0.4, 0.5) is 0 Å². The largest absolute Gasteiger partial charge is 0.396 e. The van der Waals surface area contributed by atoms with E-state index in [2.05, 4.69) is 0 Å². The van der Waals surface area contributed by atoms with E-state index in [1.165, 1.54) is 0 Å². The summed E-state index contributed by atoms with van der Waals surface area (Å²) < 4.78 is 5.23. The van der Waals surface area contributed by atoms with E-state index in [1.54, 1.807) is 6.92 Å². The lowest BCUT2D eigenvalue weighted by Crippen LogP contribution is -2.17. The highest BCUT2D eigenvalue weighted by Gasteiger charge is 2.45. The van der Waals surface area contributed by atoms with Crippen molar-refractivity contribution >= 4 is 5.78 Å². The first kappa shape index (κ1) is 9.16. The normalized spacial score (nSPS) is 43.5. The van der Waals surface area contributed by atoms with E-state index in [9.17, 15) is 4.79 Å². The van der Waals surface area contributed by atoms with Gasteiger partial charge >= 0.3 is 0 Å². The Morgan fingerprint density at radius 1 is 1.54 bits per heavy atom. The highest BCUT2D eigenvalue weighted by Crippen LogP contribution is 2.42. The zero-order valence-corrected chi connectivity index (χ0v) is 7.90. The van der Waals surface area contributed by atoms with Crippen LogP contribution in [0.1, 0.15) is 19.8 Å². The summed E-state index contributed by atoms with van der Waals surface area (Å²) in [6.45, 7) is 2.68. The number of aliphatic hydroxyl groups is 1. The second kappa shape index (κ2) is 3.39. The summed E-state index contributed by atoms with van der Waals surface area (Å²) in [6, 6.07) is 0. The van der Waals surface area contributed by atoms with Crippen molar-refractivity contribution in [1.29, 1.82) is 0 Å². The predicted octanol–water partition coefficient (Wildman–Crippen LogP) is 0.609. The van der Waals surface area contributed by atoms with E-state index in [-0.39, 0.29) is 18.3 Å². The van der Waals surface area contributed by atoms with Crippen LogP contribution in [0.2, 0.25) is 0 Å². The average molecular weight is 184 g/mol. The number of ether oxygens (including phenoxy) is 1. The van der Waals surface area contributed by atoms with Gasteiger partial charge in [0.05, 0.1) is 12.7 Å². The summed E-state index contributed by atoms with van der Waals surface area (Å²) >= 11 is 0. The molecule has 4 atom stereocenters. The quantitative estimate of drug-likeness (QED) is 0.654. The van der Waals surface area contributed by atoms with Gasteiger partial charge in [-0.25, -0.2) is 0 Å². The Labute approximate surface area is 78.1 Å². The van der Waals surface area contributed by atoms with E-state index < -0.39 is 0 Å². The Morgan fingerprint density at radius 3 is 2.69 bits per heavy atom. The number of aliphatic hydroxyl groups excluding tert-OH is 1. The molecule has 0 amide bonds. The number of carbonyl (C=O) groups is 1. The molecule has 13 heavy (non-hydrogen) atoms. The van der Waals surface area contributed by atoms with Gasteiger partial charge in [-0.3, -0.25) is 4.79 Å². The average Bonchev–Trinajstić information content (AvgIpc) is 2.84. The Bertz CT molecular complexity index is 210. The standard InChI is InChI=1S/C10H16O3/c1-6(12)7-2-8(4-11)9(3-7)10-5-13-10/h7-11H,2-5H2,1H3. The minimum absolute atomic E-state index is 0.173. The molecule has 0 aromatic rings. The molecule has 1 saturated heterocycles. The zero-order valence-electron chi connectivity index (χ0n) is 7.90. The SMILES string of the molecule is CC(=O)C1CC(CO)C(C2CO2)C1. The highest BCUT2D eigenvalue weighted by atomic mass is 16.6. The van der Waals surface area contributed by atoms with Crippen molar-refractivity contribution in [3.05, 3.63) is 0 Å². The van der Waals surface area contributed by atoms with Crippen molar-refractivity contribution in [2.75, 3.05) is 13.2 Å². The van der Waals surface area contributed by atoms with Crippen LogP contribution in [0.25, 0.3) is 0 Å². The molecular formula is C10H16O3. The molecule has 2 rings (SSSR count). The summed E-state index contributed by atoms with van der Waals surface area (Å²) in [6.07, 6.45) is 2.11. The lowest BCUT2D eigenvalue weighted by Gasteiger charge is -2.13. The Kier molecular flexibility index (Phi) is 2.39. The number of Topliss-reactive ketones (excluding diaryl/α,β-unsaturated/α-hetero) is 1. The third kappa shape index (κ3) is 1.76. The van der Waals surface area contributed by atoms with Crippen LogP contribution in [0, 0.1) is 17.8 Å². The summed E-state index contributed by atoms with van der Waals surface area (Å²) in [7, 11) is 0. The van der Waals surface area contributed by atoms with Crippen molar-refractivity contribution in [2.24, 2.45) is 17.8 Å². The molecule has 4 unspecified atom stereocenters. The maximum atomic E-state index is 11.2. The fourth-order valence-electron chi connectivity index (χ4n) is 2.46. The van der Waals surface area contributed by atoms with Crippen LogP contribution in [-0.2, 0) is 9.53 Å². The first-order valence-corrected chi connectivity index (χ1v) is 4.95. The maximum Gasteiger partial charge on any atom is 0.132 e. The third-order valence-electron chi connectivity index (χ3n) is 3.40. The fraction of sp³-hybridized carbons (Fsp3) is 0.900. The molecule has 0 radical (unpaired) electrons. The monoisotopic (exact) mass is 184 g/mol. The molecule has 1 aliphatic carbocycles. The van der Waals surface area contributed by atoms with Gasteiger partial charge in [0.15, 0.2) is 0 Å². The molecule has 1 N–H and O–H groups in total. The van der Waals surface area contributed by atoms with E-state index in [1.807, 2.05) is 0 Å². The summed E-state index contributed by atoms with van der Waals surface area (Å²) in [5.74, 6) is 1.16. The zero-order chi connectivity index (χ0) is 9.42. The first-order valence-electron chi connectivity index (χ1n) is 4.95. The molecule has 0 bridgehead atoms. The van der Waals surface area contributed by atoms with Gasteiger partial charge in [0.1, 0.15) is 5.78 Å². The topological polar surface area (TPSA) is 49.8 Å². The van der Waals surface area contributed by atoms with Crippen LogP contribution in [0.5, 0.6) is 0 Å². The minimum Gasteiger partial charge on any atom is -0.396 e. The number of carbonyl (C=O) groups excluding carboxylic acids is 1. The highest BCUT2D eigenvalue weighted by molar-refractivity contribution is 5.78. The number of epoxide rings is 1. The lowest BCUT2D eigenvalue weighted by atomic mass is 9.94. The van der Waals surface area contributed by atoms with E-state index >= 15 is 0 Å². The predicted molar refractivity (Wildman–Crippen MR) is 47.2 cm³/mol. The molecule has 1 saturated carbocycles. The Morgan fingerprint density at radius 2 is 2.23 bits per heavy atom. The van der Waals surface area contributed by atoms with E-state index in [4.69, 9.17) is 9.84 Å². The van der Waals surface area contributed by atoms with Crippen LogP contribution in [0.15, 0.2) is 0 Å². The lowest BCUT2D eigenvalue weighted by molar-refractivity contribution is -0.120. The van der Waals surface area contributed by atoms with Crippen molar-refractivity contribution < 1.29 is 14.6 Å². The van der Waals surface area contributed by atoms with Crippen molar-refractivity contribution in [1.82, 2.24) is 0 Å². The molecule has 0 aromatic carbocycles. The van der Waals surface area contributed by atoms with Crippen molar-refractivity contribution in [3.63, 3.8) is 0 Å². The molecule has 3 heteroatoms. The van der Waals surface area contributed by atoms with Crippen molar-refractivity contribution in [3.8, 4) is 0 Å². The molecular weight excluding hydrogens is 168 g/mol. The van der Waals surface area contributed by atoms with Gasteiger partial charge in [-0.2, -0.15) is 0 Å². The molecule has 3 nitrogen and oxygen atoms in total. The van der Waals surface area contributed by atoms with Gasteiger partial charge in [-0.15, -0.1) is 0 Å². The molecule has 74 valence electrons. The van der Waals surface area contributed by atoms with Gasteiger partial charge < -0.3 is 9.84 Å². The number of rotatable bonds is 3. The van der Waals surface area contributed by atoms with Gasteiger partial charge in [0.25, 0.3) is 0 Å². The van der Waals surface area contributed by atoms with Crippen molar-refractivity contribution in [2.45, 2.75) is 25.9 Å². The first-order chi connectivity index (χ1) is 6.22. The van der Waals surface area contributed by atoms with Crippen LogP contribution >= 0.6 is 0 Å². The Balaban J connectivity index is 1.98. The molecule has 1 heterocycles. The van der Waals surface area contributed by atoms with E-state index in [0.29, 0.717) is 17.9 Å². The molecule has 1 aliphatic heterocycles. The molecule has 2 aliphatic rings. The van der Waals surface area contributed by atoms with Gasteiger partial charge in [-0.1, -0.05) is 0 Å². The summed E-state index contributed by atoms with van der Waals surface area (Å²) in [4.78, 5) is 11.2. The second-order valence-electron chi connectivity index (χ2n) is 4.26. The van der Waals surface area contributed by atoms with Crippen LogP contribution in [0.3, 0.4) is 0 Å². The fourth-order valence-corrected chi connectivity index (χ4v) is 2.46. The van der Waals surface area contributed by atoms with E-state index in [0.717, 1.165) is 19.4 Å². The number of ketones is 1. The minimum atomic E-state index is 0.173. The van der Waals surface area contributed by atoms with Gasteiger partial charge in [-0.05, 0) is 31.6 Å². The summed E-state index contributed by atoms with van der Waals surface area (Å²) in [5, 5.41) is 9.15.